The number of nitrogens with one attached hydrogen (secondary N) is 1. The Kier molecular flexibility index (Phi) is 5.02. The summed E-state index contributed by atoms with van der Waals surface area (Å²) < 4.78 is 13.5. The van der Waals surface area contributed by atoms with Gasteiger partial charge >= 0.3 is 0 Å². The number of nitrogens with zero attached hydrogens (tertiary/aromatic N) is 4. The SMILES string of the molecule is C[C@H]1CN(c2cc3c(cc2NC(=O)c2cnn4cccnc24)C[C@](C)(CO)O3)[C@@H](C)CO1. The van der Waals surface area contributed by atoms with Crippen molar-refractivity contribution in [3.63, 3.8) is 0 Å². The van der Waals surface area contributed by atoms with E-state index in [1.165, 1.54) is 6.20 Å². The predicted octanol–water partition coefficient (Wildman–Crippen LogP) is 2.28. The van der Waals surface area contributed by atoms with Crippen LogP contribution in [0.15, 0.2) is 36.8 Å². The number of morpholine rings is 1. The third-order valence-electron chi connectivity index (χ3n) is 6.12. The zero-order chi connectivity index (χ0) is 22.5. The molecule has 9 heteroatoms. The minimum Gasteiger partial charge on any atom is -0.484 e. The Labute approximate surface area is 186 Å². The summed E-state index contributed by atoms with van der Waals surface area (Å²) in [5.41, 5.74) is 2.74. The molecule has 2 aliphatic heterocycles. The summed E-state index contributed by atoms with van der Waals surface area (Å²) in [5.74, 6) is 0.455. The van der Waals surface area contributed by atoms with Crippen LogP contribution in [0.4, 0.5) is 11.4 Å². The largest absolute Gasteiger partial charge is 0.484 e. The van der Waals surface area contributed by atoms with Crippen molar-refractivity contribution >= 4 is 22.9 Å². The van der Waals surface area contributed by atoms with Crippen molar-refractivity contribution < 1.29 is 19.4 Å². The molecule has 1 amide bonds. The first-order valence-electron chi connectivity index (χ1n) is 10.8. The lowest BCUT2D eigenvalue weighted by molar-refractivity contribution is 0.0342. The van der Waals surface area contributed by atoms with Gasteiger partial charge in [-0.2, -0.15) is 5.10 Å². The standard InChI is InChI=1S/C23H27N5O4/c1-14-12-31-15(2)11-27(14)19-8-20-16(9-23(3,13-29)32-20)7-18(19)26-22(30)17-10-25-28-6-4-5-24-21(17)28/h4-8,10,14-15,29H,9,11-13H2,1-3H3,(H,26,30)/t14-,15-,23+/m0/s1. The number of anilines is 2. The summed E-state index contributed by atoms with van der Waals surface area (Å²) in [6, 6.07) is 5.81. The average Bonchev–Trinajstić information content (AvgIpc) is 3.35. The number of ether oxygens (including phenoxy) is 2. The number of fused-ring (bicyclic) bond motifs is 2. The molecule has 32 heavy (non-hydrogen) atoms. The number of carbonyl (C=O) groups excluding carboxylic acids is 1. The fraction of sp³-hybridized carbons (Fsp3) is 0.435. The van der Waals surface area contributed by atoms with E-state index in [0.717, 1.165) is 17.0 Å². The highest BCUT2D eigenvalue weighted by Crippen LogP contribution is 2.42. The molecule has 3 aromatic rings. The van der Waals surface area contributed by atoms with E-state index in [1.54, 1.807) is 23.0 Å². The number of rotatable bonds is 4. The van der Waals surface area contributed by atoms with E-state index in [1.807, 2.05) is 26.0 Å². The first kappa shape index (κ1) is 20.7. The van der Waals surface area contributed by atoms with Crippen LogP contribution in [-0.4, -0.2) is 63.1 Å². The molecule has 2 aromatic heterocycles. The molecule has 1 aromatic carbocycles. The van der Waals surface area contributed by atoms with Crippen LogP contribution in [0.5, 0.6) is 5.75 Å². The third-order valence-corrected chi connectivity index (χ3v) is 6.12. The van der Waals surface area contributed by atoms with Gasteiger partial charge in [-0.3, -0.25) is 4.79 Å². The highest BCUT2D eigenvalue weighted by Gasteiger charge is 2.36. The summed E-state index contributed by atoms with van der Waals surface area (Å²) in [5, 5.41) is 17.1. The molecular formula is C23H27N5O4. The third kappa shape index (κ3) is 3.57. The summed E-state index contributed by atoms with van der Waals surface area (Å²) in [4.78, 5) is 19.8. The van der Waals surface area contributed by atoms with Crippen LogP contribution in [0.25, 0.3) is 5.65 Å². The number of carbonyl (C=O) groups is 1. The summed E-state index contributed by atoms with van der Waals surface area (Å²) in [7, 11) is 0. The Morgan fingerprint density at radius 2 is 2.22 bits per heavy atom. The van der Waals surface area contributed by atoms with Gasteiger partial charge in [-0.05, 0) is 32.9 Å². The smallest absolute Gasteiger partial charge is 0.261 e. The number of hydrogen-bond acceptors (Lipinski definition) is 7. The zero-order valence-corrected chi connectivity index (χ0v) is 18.4. The topological polar surface area (TPSA) is 101 Å². The zero-order valence-electron chi connectivity index (χ0n) is 18.4. The van der Waals surface area contributed by atoms with E-state index in [2.05, 4.69) is 27.2 Å². The average molecular weight is 438 g/mol. The van der Waals surface area contributed by atoms with Gasteiger partial charge in [0.25, 0.3) is 5.91 Å². The summed E-state index contributed by atoms with van der Waals surface area (Å²) in [6.07, 6.45) is 5.55. The van der Waals surface area contributed by atoms with Crippen molar-refractivity contribution in [3.05, 3.63) is 47.9 Å². The molecule has 0 saturated carbocycles. The maximum Gasteiger partial charge on any atom is 0.261 e. The van der Waals surface area contributed by atoms with Crippen molar-refractivity contribution in [2.24, 2.45) is 0 Å². The molecule has 0 unspecified atom stereocenters. The molecule has 168 valence electrons. The van der Waals surface area contributed by atoms with Crippen LogP contribution >= 0.6 is 0 Å². The van der Waals surface area contributed by atoms with Gasteiger partial charge in [0.2, 0.25) is 0 Å². The Morgan fingerprint density at radius 3 is 3.03 bits per heavy atom. The molecular weight excluding hydrogens is 410 g/mol. The molecule has 4 heterocycles. The van der Waals surface area contributed by atoms with Crippen molar-refractivity contribution in [1.82, 2.24) is 14.6 Å². The van der Waals surface area contributed by atoms with Crippen LogP contribution < -0.4 is 15.0 Å². The van der Waals surface area contributed by atoms with Crippen molar-refractivity contribution in [1.29, 1.82) is 0 Å². The number of aliphatic hydroxyl groups excluding tert-OH is 1. The summed E-state index contributed by atoms with van der Waals surface area (Å²) >= 11 is 0. The molecule has 0 aliphatic carbocycles. The maximum absolute atomic E-state index is 13.2. The first-order chi connectivity index (χ1) is 15.4. The summed E-state index contributed by atoms with van der Waals surface area (Å²) in [6.45, 7) is 7.22. The van der Waals surface area contributed by atoms with Gasteiger partial charge in [0.05, 0.1) is 36.9 Å². The number of hydrogen-bond donors (Lipinski definition) is 2. The monoisotopic (exact) mass is 437 g/mol. The van der Waals surface area contributed by atoms with E-state index in [9.17, 15) is 9.90 Å². The molecule has 3 atom stereocenters. The second-order valence-electron chi connectivity index (χ2n) is 8.91. The predicted molar refractivity (Wildman–Crippen MR) is 119 cm³/mol. The van der Waals surface area contributed by atoms with Gasteiger partial charge in [-0.15, -0.1) is 0 Å². The van der Waals surface area contributed by atoms with Crippen molar-refractivity contribution in [2.45, 2.75) is 44.9 Å². The van der Waals surface area contributed by atoms with Gasteiger partial charge in [0.1, 0.15) is 16.9 Å². The van der Waals surface area contributed by atoms with Gasteiger partial charge in [0.15, 0.2) is 5.65 Å². The van der Waals surface area contributed by atoms with Gasteiger partial charge < -0.3 is 24.8 Å². The van der Waals surface area contributed by atoms with Gasteiger partial charge in [-0.25, -0.2) is 9.50 Å². The van der Waals surface area contributed by atoms with E-state index >= 15 is 0 Å². The second-order valence-corrected chi connectivity index (χ2v) is 8.91. The minimum atomic E-state index is -0.668. The Morgan fingerprint density at radius 1 is 1.38 bits per heavy atom. The van der Waals surface area contributed by atoms with Crippen molar-refractivity contribution in [2.75, 3.05) is 30.0 Å². The van der Waals surface area contributed by atoms with Crippen LogP contribution in [-0.2, 0) is 11.2 Å². The van der Waals surface area contributed by atoms with Crippen LogP contribution in [0.1, 0.15) is 36.7 Å². The number of aromatic nitrogens is 3. The van der Waals surface area contributed by atoms with Crippen LogP contribution in [0.2, 0.25) is 0 Å². The molecule has 2 N–H and O–H groups in total. The lowest BCUT2D eigenvalue weighted by atomic mass is 9.99. The Hall–Kier alpha value is -3.17. The molecule has 9 nitrogen and oxygen atoms in total. The minimum absolute atomic E-state index is 0.0652. The Balaban J connectivity index is 1.54. The van der Waals surface area contributed by atoms with E-state index in [0.29, 0.717) is 36.5 Å². The molecule has 0 bridgehead atoms. The number of benzene rings is 1. The molecule has 0 spiro atoms. The Bertz CT molecular complexity index is 1180. The molecule has 2 aliphatic rings. The molecule has 1 fully saturated rings. The first-order valence-corrected chi connectivity index (χ1v) is 10.8. The van der Waals surface area contributed by atoms with E-state index in [4.69, 9.17) is 9.47 Å². The molecule has 0 radical (unpaired) electrons. The highest BCUT2D eigenvalue weighted by molar-refractivity contribution is 6.09. The van der Waals surface area contributed by atoms with E-state index in [-0.39, 0.29) is 24.7 Å². The normalized spacial score (nSPS) is 24.9. The number of aliphatic hydroxyl groups is 1. The van der Waals surface area contributed by atoms with Crippen LogP contribution in [0, 0.1) is 0 Å². The van der Waals surface area contributed by atoms with E-state index < -0.39 is 5.60 Å². The fourth-order valence-corrected chi connectivity index (χ4v) is 4.39. The van der Waals surface area contributed by atoms with Crippen molar-refractivity contribution in [3.8, 4) is 5.75 Å². The lowest BCUT2D eigenvalue weighted by Crippen LogP contribution is -2.47. The second kappa shape index (κ2) is 7.75. The fourth-order valence-electron chi connectivity index (χ4n) is 4.39. The van der Waals surface area contributed by atoms with Gasteiger partial charge in [0, 0.05) is 43.0 Å². The highest BCUT2D eigenvalue weighted by atomic mass is 16.5. The maximum atomic E-state index is 13.2. The van der Waals surface area contributed by atoms with Crippen LogP contribution in [0.3, 0.4) is 0 Å². The molecule has 5 rings (SSSR count). The quantitative estimate of drug-likeness (QED) is 0.646. The lowest BCUT2D eigenvalue weighted by Gasteiger charge is -2.39. The van der Waals surface area contributed by atoms with Gasteiger partial charge in [-0.1, -0.05) is 0 Å². The number of amides is 1. The molecule has 1 saturated heterocycles.